The molecule has 2 saturated carbocycles. The van der Waals surface area contributed by atoms with Crippen LogP contribution in [0.2, 0.25) is 0 Å². The normalized spacial score (nSPS) is 30.3. The first-order valence-electron chi connectivity index (χ1n) is 11.2. The number of aromatic nitrogens is 1. The quantitative estimate of drug-likeness (QED) is 0.521. The number of nitrogens with zero attached hydrogens (tertiary/aromatic N) is 1. The van der Waals surface area contributed by atoms with E-state index in [0.717, 1.165) is 30.1 Å². The molecule has 1 nitrogen and oxygen atoms in total. The van der Waals surface area contributed by atoms with Crippen LogP contribution in [0.3, 0.4) is 0 Å². The maximum absolute atomic E-state index is 4.69. The molecule has 1 aromatic rings. The van der Waals surface area contributed by atoms with Crippen LogP contribution in [0, 0.1) is 23.7 Å². The SMILES string of the molecule is CCCc1ccc(CC[C@H]2CC[C@H]([C@H]3CC[C@H](CC)CC3)CC2)nc1. The summed E-state index contributed by atoms with van der Waals surface area (Å²) in [6.07, 6.45) is 20.5. The Hall–Kier alpha value is -0.850. The Bertz CT molecular complexity index is 475. The van der Waals surface area contributed by atoms with Crippen molar-refractivity contribution in [2.24, 2.45) is 23.7 Å². The van der Waals surface area contributed by atoms with E-state index >= 15 is 0 Å². The van der Waals surface area contributed by atoms with E-state index in [1.807, 2.05) is 0 Å². The summed E-state index contributed by atoms with van der Waals surface area (Å²) in [4.78, 5) is 4.69. The molecule has 2 aliphatic rings. The standard InChI is InChI=1S/C24H39N/c1-3-5-21-11-17-24(25-18-21)16-10-20-8-14-23(15-9-20)22-12-6-19(4-2)7-13-22/h11,17-20,22-23H,3-10,12-16H2,1-2H3/t19-,20-,22-,23-. The van der Waals surface area contributed by atoms with E-state index in [0.29, 0.717) is 0 Å². The van der Waals surface area contributed by atoms with Crippen molar-refractivity contribution in [1.82, 2.24) is 4.98 Å². The molecule has 3 rings (SSSR count). The summed E-state index contributed by atoms with van der Waals surface area (Å²) in [5, 5.41) is 0. The largest absolute Gasteiger partial charge is 0.261 e. The van der Waals surface area contributed by atoms with Crippen LogP contribution in [-0.2, 0) is 12.8 Å². The lowest BCUT2D eigenvalue weighted by molar-refractivity contribution is 0.142. The fourth-order valence-corrected chi connectivity index (χ4v) is 5.41. The van der Waals surface area contributed by atoms with Crippen molar-refractivity contribution in [3.8, 4) is 0 Å². The second-order valence-electron chi connectivity index (χ2n) is 8.92. The van der Waals surface area contributed by atoms with Gasteiger partial charge in [0.25, 0.3) is 0 Å². The predicted octanol–water partition coefficient (Wildman–Crippen LogP) is 6.99. The molecule has 140 valence electrons. The molecular formula is C24H39N. The summed E-state index contributed by atoms with van der Waals surface area (Å²) in [6, 6.07) is 4.55. The molecule has 25 heavy (non-hydrogen) atoms. The van der Waals surface area contributed by atoms with E-state index in [4.69, 9.17) is 0 Å². The lowest BCUT2D eigenvalue weighted by Crippen LogP contribution is -2.25. The molecule has 0 amide bonds. The first-order valence-corrected chi connectivity index (χ1v) is 11.2. The molecule has 0 aromatic carbocycles. The lowest BCUT2D eigenvalue weighted by Gasteiger charge is -2.37. The van der Waals surface area contributed by atoms with E-state index in [1.54, 1.807) is 0 Å². The van der Waals surface area contributed by atoms with Crippen molar-refractivity contribution in [3.05, 3.63) is 29.6 Å². The van der Waals surface area contributed by atoms with Gasteiger partial charge in [0.05, 0.1) is 0 Å². The zero-order valence-corrected chi connectivity index (χ0v) is 16.7. The van der Waals surface area contributed by atoms with Gasteiger partial charge in [0.1, 0.15) is 0 Å². The smallest absolute Gasteiger partial charge is 0.0403 e. The van der Waals surface area contributed by atoms with Gasteiger partial charge in [-0.3, -0.25) is 4.98 Å². The van der Waals surface area contributed by atoms with Crippen molar-refractivity contribution < 1.29 is 0 Å². The van der Waals surface area contributed by atoms with Crippen molar-refractivity contribution in [2.75, 3.05) is 0 Å². The van der Waals surface area contributed by atoms with Gasteiger partial charge in [0.2, 0.25) is 0 Å². The van der Waals surface area contributed by atoms with E-state index < -0.39 is 0 Å². The summed E-state index contributed by atoms with van der Waals surface area (Å²) >= 11 is 0. The second-order valence-corrected chi connectivity index (χ2v) is 8.92. The van der Waals surface area contributed by atoms with Crippen LogP contribution in [0.25, 0.3) is 0 Å². The topological polar surface area (TPSA) is 12.9 Å². The van der Waals surface area contributed by atoms with E-state index in [9.17, 15) is 0 Å². The van der Waals surface area contributed by atoms with Crippen LogP contribution < -0.4 is 0 Å². The summed E-state index contributed by atoms with van der Waals surface area (Å²) < 4.78 is 0. The van der Waals surface area contributed by atoms with Crippen LogP contribution in [0.1, 0.15) is 95.7 Å². The molecule has 0 N–H and O–H groups in total. The van der Waals surface area contributed by atoms with Gasteiger partial charge in [-0.05, 0) is 80.2 Å². The minimum atomic E-state index is 0.959. The molecule has 2 fully saturated rings. The Morgan fingerprint density at radius 2 is 1.44 bits per heavy atom. The summed E-state index contributed by atoms with van der Waals surface area (Å²) in [5.74, 6) is 4.13. The number of aryl methyl sites for hydroxylation is 2. The Kier molecular flexibility index (Phi) is 7.37. The summed E-state index contributed by atoms with van der Waals surface area (Å²) in [7, 11) is 0. The van der Waals surface area contributed by atoms with Crippen LogP contribution in [-0.4, -0.2) is 4.98 Å². The molecule has 0 saturated heterocycles. The fourth-order valence-electron chi connectivity index (χ4n) is 5.41. The van der Waals surface area contributed by atoms with Gasteiger partial charge >= 0.3 is 0 Å². The van der Waals surface area contributed by atoms with Crippen LogP contribution in [0.15, 0.2) is 18.3 Å². The van der Waals surface area contributed by atoms with Gasteiger partial charge in [-0.15, -0.1) is 0 Å². The number of pyridine rings is 1. The Labute approximate surface area is 156 Å². The average molecular weight is 342 g/mol. The van der Waals surface area contributed by atoms with Gasteiger partial charge in [-0.1, -0.05) is 58.4 Å². The minimum Gasteiger partial charge on any atom is -0.261 e. The third-order valence-corrected chi connectivity index (χ3v) is 7.26. The molecule has 0 unspecified atom stereocenters. The Morgan fingerprint density at radius 3 is 1.96 bits per heavy atom. The fraction of sp³-hybridized carbons (Fsp3) is 0.792. The minimum absolute atomic E-state index is 0.959. The highest BCUT2D eigenvalue weighted by Crippen LogP contribution is 2.42. The van der Waals surface area contributed by atoms with Crippen molar-refractivity contribution in [3.63, 3.8) is 0 Å². The predicted molar refractivity (Wildman–Crippen MR) is 108 cm³/mol. The van der Waals surface area contributed by atoms with Crippen LogP contribution in [0.4, 0.5) is 0 Å². The highest BCUT2D eigenvalue weighted by atomic mass is 14.7. The highest BCUT2D eigenvalue weighted by molar-refractivity contribution is 5.14. The highest BCUT2D eigenvalue weighted by Gasteiger charge is 2.30. The van der Waals surface area contributed by atoms with Crippen LogP contribution in [0.5, 0.6) is 0 Å². The Balaban J connectivity index is 1.36. The van der Waals surface area contributed by atoms with Crippen molar-refractivity contribution >= 4 is 0 Å². The summed E-state index contributed by atoms with van der Waals surface area (Å²) in [5.41, 5.74) is 2.70. The van der Waals surface area contributed by atoms with Gasteiger partial charge in [0, 0.05) is 11.9 Å². The molecule has 0 spiro atoms. The zero-order chi connectivity index (χ0) is 17.5. The lowest BCUT2D eigenvalue weighted by atomic mass is 9.68. The van der Waals surface area contributed by atoms with Crippen molar-refractivity contribution in [1.29, 1.82) is 0 Å². The molecule has 0 aliphatic heterocycles. The van der Waals surface area contributed by atoms with Gasteiger partial charge in [-0.2, -0.15) is 0 Å². The molecular weight excluding hydrogens is 302 g/mol. The molecule has 1 aromatic heterocycles. The third-order valence-electron chi connectivity index (χ3n) is 7.26. The first kappa shape index (κ1) is 18.9. The Morgan fingerprint density at radius 1 is 0.800 bits per heavy atom. The van der Waals surface area contributed by atoms with E-state index in [1.165, 1.54) is 88.3 Å². The molecule has 0 radical (unpaired) electrons. The summed E-state index contributed by atoms with van der Waals surface area (Å²) in [6.45, 7) is 4.61. The van der Waals surface area contributed by atoms with E-state index in [-0.39, 0.29) is 0 Å². The molecule has 1 heteroatoms. The van der Waals surface area contributed by atoms with E-state index in [2.05, 4.69) is 37.2 Å². The molecule has 0 bridgehead atoms. The molecule has 2 aliphatic carbocycles. The zero-order valence-electron chi connectivity index (χ0n) is 16.7. The first-order chi connectivity index (χ1) is 12.3. The average Bonchev–Trinajstić information content (AvgIpc) is 2.68. The number of hydrogen-bond donors (Lipinski definition) is 0. The number of rotatable bonds is 7. The monoisotopic (exact) mass is 341 g/mol. The van der Waals surface area contributed by atoms with Crippen molar-refractivity contribution in [2.45, 2.75) is 97.3 Å². The van der Waals surface area contributed by atoms with Gasteiger partial charge < -0.3 is 0 Å². The van der Waals surface area contributed by atoms with Gasteiger partial charge in [-0.25, -0.2) is 0 Å². The second kappa shape index (κ2) is 9.74. The third kappa shape index (κ3) is 5.56. The van der Waals surface area contributed by atoms with Gasteiger partial charge in [0.15, 0.2) is 0 Å². The molecule has 1 heterocycles. The number of hydrogen-bond acceptors (Lipinski definition) is 1. The maximum Gasteiger partial charge on any atom is 0.0403 e. The van der Waals surface area contributed by atoms with Crippen LogP contribution >= 0.6 is 0 Å². The maximum atomic E-state index is 4.69. The molecule has 0 atom stereocenters.